The molecule has 100 valence electrons. The number of ether oxygens (including phenoxy) is 1. The summed E-state index contributed by atoms with van der Waals surface area (Å²) in [6.07, 6.45) is 0.157. The standard InChI is InChI=1S/C14H22N2O2/c1-8(2)10-6-11(12(15)7-14(16)17)9(3)5-13(10)18-4/h5-6,8,12H,7,15H2,1-4H3,(H2,16,17). The maximum Gasteiger partial charge on any atom is 0.219 e. The minimum Gasteiger partial charge on any atom is -0.496 e. The van der Waals surface area contributed by atoms with Crippen LogP contribution in [0.5, 0.6) is 5.75 Å². The Morgan fingerprint density at radius 2 is 1.94 bits per heavy atom. The van der Waals surface area contributed by atoms with E-state index in [1.165, 1.54) is 0 Å². The molecule has 1 aromatic rings. The van der Waals surface area contributed by atoms with Crippen molar-refractivity contribution in [1.82, 2.24) is 0 Å². The first-order valence-electron chi connectivity index (χ1n) is 6.09. The first-order chi connectivity index (χ1) is 8.36. The Hall–Kier alpha value is -1.55. The van der Waals surface area contributed by atoms with Crippen LogP contribution in [0.4, 0.5) is 0 Å². The lowest BCUT2D eigenvalue weighted by Gasteiger charge is -2.19. The van der Waals surface area contributed by atoms with E-state index in [1.54, 1.807) is 7.11 Å². The summed E-state index contributed by atoms with van der Waals surface area (Å²) in [5.74, 6) is 0.807. The molecule has 0 saturated heterocycles. The highest BCUT2D eigenvalue weighted by molar-refractivity contribution is 5.74. The van der Waals surface area contributed by atoms with Gasteiger partial charge in [-0.05, 0) is 35.6 Å². The summed E-state index contributed by atoms with van der Waals surface area (Å²) in [4.78, 5) is 11.0. The minimum atomic E-state index is -0.385. The predicted molar refractivity (Wildman–Crippen MR) is 72.6 cm³/mol. The van der Waals surface area contributed by atoms with Crippen LogP contribution >= 0.6 is 0 Å². The first-order valence-corrected chi connectivity index (χ1v) is 6.09. The fourth-order valence-electron chi connectivity index (χ4n) is 2.07. The number of aryl methyl sites for hydroxylation is 1. The molecule has 1 aromatic carbocycles. The van der Waals surface area contributed by atoms with Crippen molar-refractivity contribution in [3.05, 3.63) is 28.8 Å². The zero-order valence-electron chi connectivity index (χ0n) is 11.5. The highest BCUT2D eigenvalue weighted by Crippen LogP contribution is 2.32. The molecule has 4 nitrogen and oxygen atoms in total. The van der Waals surface area contributed by atoms with Gasteiger partial charge in [0, 0.05) is 12.5 Å². The third kappa shape index (κ3) is 3.23. The molecule has 4 heteroatoms. The second kappa shape index (κ2) is 5.87. The molecule has 0 radical (unpaired) electrons. The van der Waals surface area contributed by atoms with Crippen molar-refractivity contribution < 1.29 is 9.53 Å². The third-order valence-electron chi connectivity index (χ3n) is 3.06. The average Bonchev–Trinajstić information content (AvgIpc) is 2.26. The van der Waals surface area contributed by atoms with Gasteiger partial charge < -0.3 is 16.2 Å². The van der Waals surface area contributed by atoms with Gasteiger partial charge in [-0.3, -0.25) is 4.79 Å². The van der Waals surface area contributed by atoms with Crippen LogP contribution in [-0.2, 0) is 4.79 Å². The highest BCUT2D eigenvalue weighted by atomic mass is 16.5. The number of primary amides is 1. The Kier molecular flexibility index (Phi) is 4.73. The second-order valence-corrected chi connectivity index (χ2v) is 4.88. The molecule has 1 unspecified atom stereocenters. The fraction of sp³-hybridized carbons (Fsp3) is 0.500. The molecule has 0 saturated carbocycles. The van der Waals surface area contributed by atoms with Crippen molar-refractivity contribution in [3.8, 4) is 5.75 Å². The lowest BCUT2D eigenvalue weighted by molar-refractivity contribution is -0.118. The third-order valence-corrected chi connectivity index (χ3v) is 3.06. The van der Waals surface area contributed by atoms with Crippen LogP contribution in [0.2, 0.25) is 0 Å². The number of carbonyl (C=O) groups excluding carboxylic acids is 1. The fourth-order valence-corrected chi connectivity index (χ4v) is 2.07. The summed E-state index contributed by atoms with van der Waals surface area (Å²) in [7, 11) is 1.66. The van der Waals surface area contributed by atoms with Gasteiger partial charge in [0.15, 0.2) is 0 Å². The molecule has 1 rings (SSSR count). The normalized spacial score (nSPS) is 12.6. The zero-order valence-corrected chi connectivity index (χ0v) is 11.5. The van der Waals surface area contributed by atoms with E-state index in [2.05, 4.69) is 13.8 Å². The Morgan fingerprint density at radius 1 is 1.33 bits per heavy atom. The smallest absolute Gasteiger partial charge is 0.219 e. The number of carbonyl (C=O) groups is 1. The largest absolute Gasteiger partial charge is 0.496 e. The van der Waals surface area contributed by atoms with Crippen molar-refractivity contribution in [2.75, 3.05) is 7.11 Å². The van der Waals surface area contributed by atoms with E-state index in [9.17, 15) is 4.79 Å². The van der Waals surface area contributed by atoms with Crippen LogP contribution in [0.15, 0.2) is 12.1 Å². The van der Waals surface area contributed by atoms with Crippen LogP contribution in [0.3, 0.4) is 0 Å². The average molecular weight is 250 g/mol. The number of hydrogen-bond acceptors (Lipinski definition) is 3. The van der Waals surface area contributed by atoms with E-state index in [4.69, 9.17) is 16.2 Å². The molecule has 18 heavy (non-hydrogen) atoms. The second-order valence-electron chi connectivity index (χ2n) is 4.88. The van der Waals surface area contributed by atoms with E-state index >= 15 is 0 Å². The molecule has 4 N–H and O–H groups in total. The summed E-state index contributed by atoms with van der Waals surface area (Å²) in [6.45, 7) is 6.15. The molecule has 1 atom stereocenters. The zero-order chi connectivity index (χ0) is 13.9. The molecule has 0 aromatic heterocycles. The van der Waals surface area contributed by atoms with Gasteiger partial charge in [0.1, 0.15) is 5.75 Å². The number of amides is 1. The summed E-state index contributed by atoms with van der Waals surface area (Å²) in [6, 6.07) is 3.63. The van der Waals surface area contributed by atoms with Crippen LogP contribution in [0, 0.1) is 6.92 Å². The summed E-state index contributed by atoms with van der Waals surface area (Å²) in [5.41, 5.74) is 14.3. The summed E-state index contributed by atoms with van der Waals surface area (Å²) < 4.78 is 5.37. The van der Waals surface area contributed by atoms with Gasteiger partial charge in [0.05, 0.1) is 7.11 Å². The molecule has 0 spiro atoms. The van der Waals surface area contributed by atoms with Crippen LogP contribution in [0.25, 0.3) is 0 Å². The van der Waals surface area contributed by atoms with Crippen molar-refractivity contribution in [1.29, 1.82) is 0 Å². The number of hydrogen-bond donors (Lipinski definition) is 2. The van der Waals surface area contributed by atoms with Gasteiger partial charge in [-0.25, -0.2) is 0 Å². The molecule has 0 aliphatic rings. The maximum atomic E-state index is 11.0. The maximum absolute atomic E-state index is 11.0. The Labute approximate surface area is 108 Å². The van der Waals surface area contributed by atoms with Gasteiger partial charge in [-0.1, -0.05) is 19.9 Å². The highest BCUT2D eigenvalue weighted by Gasteiger charge is 2.16. The van der Waals surface area contributed by atoms with Crippen molar-refractivity contribution in [3.63, 3.8) is 0 Å². The first kappa shape index (κ1) is 14.5. The van der Waals surface area contributed by atoms with E-state index in [0.717, 1.165) is 22.4 Å². The Balaban J connectivity index is 3.20. The van der Waals surface area contributed by atoms with Crippen LogP contribution in [0.1, 0.15) is 48.9 Å². The monoisotopic (exact) mass is 250 g/mol. The van der Waals surface area contributed by atoms with Gasteiger partial charge in [-0.15, -0.1) is 0 Å². The number of rotatable bonds is 5. The van der Waals surface area contributed by atoms with E-state index in [0.29, 0.717) is 5.92 Å². The van der Waals surface area contributed by atoms with Gasteiger partial charge >= 0.3 is 0 Å². The van der Waals surface area contributed by atoms with Crippen LogP contribution in [-0.4, -0.2) is 13.0 Å². The van der Waals surface area contributed by atoms with Crippen molar-refractivity contribution in [2.45, 2.75) is 39.2 Å². The lowest BCUT2D eigenvalue weighted by Crippen LogP contribution is -2.21. The predicted octanol–water partition coefficient (Wildman–Crippen LogP) is 2.00. The topological polar surface area (TPSA) is 78.3 Å². The molecule has 0 heterocycles. The quantitative estimate of drug-likeness (QED) is 0.839. The van der Waals surface area contributed by atoms with Crippen molar-refractivity contribution in [2.24, 2.45) is 11.5 Å². The lowest BCUT2D eigenvalue weighted by atomic mass is 9.92. The van der Waals surface area contributed by atoms with E-state index in [1.807, 2.05) is 19.1 Å². The van der Waals surface area contributed by atoms with E-state index < -0.39 is 0 Å². The Bertz CT molecular complexity index is 442. The minimum absolute atomic E-state index is 0.157. The van der Waals surface area contributed by atoms with Crippen LogP contribution < -0.4 is 16.2 Å². The molecular formula is C14H22N2O2. The van der Waals surface area contributed by atoms with Gasteiger partial charge in [0.2, 0.25) is 5.91 Å². The van der Waals surface area contributed by atoms with E-state index in [-0.39, 0.29) is 18.4 Å². The van der Waals surface area contributed by atoms with Crippen molar-refractivity contribution >= 4 is 5.91 Å². The number of nitrogens with two attached hydrogens (primary N) is 2. The molecular weight excluding hydrogens is 228 g/mol. The van der Waals surface area contributed by atoms with Gasteiger partial charge in [-0.2, -0.15) is 0 Å². The summed E-state index contributed by atoms with van der Waals surface area (Å²) >= 11 is 0. The van der Waals surface area contributed by atoms with Gasteiger partial charge in [0.25, 0.3) is 0 Å². The molecule has 0 fully saturated rings. The number of benzene rings is 1. The number of methoxy groups -OCH3 is 1. The Morgan fingerprint density at radius 3 is 2.39 bits per heavy atom. The molecule has 0 bridgehead atoms. The molecule has 0 aliphatic heterocycles. The SMILES string of the molecule is COc1cc(C)c(C(N)CC(N)=O)cc1C(C)C. The molecule has 0 aliphatic carbocycles. The molecule has 1 amide bonds. The summed E-state index contributed by atoms with van der Waals surface area (Å²) in [5, 5.41) is 0.